The molecule has 0 aliphatic rings. The van der Waals surface area contributed by atoms with E-state index in [4.69, 9.17) is 10.5 Å². The predicted molar refractivity (Wildman–Crippen MR) is 78.1 cm³/mol. The number of benzene rings is 1. The van der Waals surface area contributed by atoms with Gasteiger partial charge in [-0.05, 0) is 25.8 Å². The Morgan fingerprint density at radius 3 is 2.79 bits per heavy atom. The highest BCUT2D eigenvalue weighted by Gasteiger charge is 2.13. The number of fused-ring (bicyclic) bond motifs is 1. The Labute approximate surface area is 114 Å². The van der Waals surface area contributed by atoms with Crippen LogP contribution in [-0.2, 0) is 18.2 Å². The summed E-state index contributed by atoms with van der Waals surface area (Å²) in [4.78, 5) is 0. The maximum absolute atomic E-state index is 6.20. The zero-order chi connectivity index (χ0) is 13.8. The number of ether oxygens (including phenoxy) is 1. The highest BCUT2D eigenvalue weighted by atomic mass is 16.5. The fourth-order valence-corrected chi connectivity index (χ4v) is 2.36. The van der Waals surface area contributed by atoms with Gasteiger partial charge in [0.1, 0.15) is 0 Å². The predicted octanol–water partition coefficient (Wildman–Crippen LogP) is 2.26. The van der Waals surface area contributed by atoms with E-state index in [0.29, 0.717) is 0 Å². The molecular weight excluding hydrogens is 238 g/mol. The maximum atomic E-state index is 6.20. The summed E-state index contributed by atoms with van der Waals surface area (Å²) in [5.41, 5.74) is 8.46. The van der Waals surface area contributed by atoms with Crippen LogP contribution < -0.4 is 5.73 Å². The minimum Gasteiger partial charge on any atom is -0.382 e. The summed E-state index contributed by atoms with van der Waals surface area (Å²) >= 11 is 0. The topological polar surface area (TPSA) is 53.1 Å². The van der Waals surface area contributed by atoms with Crippen molar-refractivity contribution in [1.82, 2.24) is 9.78 Å². The normalized spacial score (nSPS) is 14.7. The summed E-state index contributed by atoms with van der Waals surface area (Å²) in [7, 11) is 3.72. The second-order valence-corrected chi connectivity index (χ2v) is 5.18. The largest absolute Gasteiger partial charge is 0.382 e. The molecule has 0 aliphatic carbocycles. The van der Waals surface area contributed by atoms with Crippen molar-refractivity contribution in [2.24, 2.45) is 12.8 Å². The van der Waals surface area contributed by atoms with Crippen molar-refractivity contribution in [1.29, 1.82) is 0 Å². The molecule has 1 aromatic heterocycles. The molecule has 0 fully saturated rings. The van der Waals surface area contributed by atoms with Crippen LogP contribution in [0.25, 0.3) is 10.9 Å². The summed E-state index contributed by atoms with van der Waals surface area (Å²) < 4.78 is 7.18. The standard InChI is InChI=1S/C15H23N3O/c1-11(19-3)8-9-12(16)10-14-13-6-4-5-7-15(13)18(2)17-14/h4-7,11-12H,8-10,16H2,1-3H3. The van der Waals surface area contributed by atoms with Gasteiger partial charge in [-0.1, -0.05) is 18.2 Å². The van der Waals surface area contributed by atoms with E-state index in [1.807, 2.05) is 23.9 Å². The lowest BCUT2D eigenvalue weighted by Crippen LogP contribution is -2.25. The molecule has 19 heavy (non-hydrogen) atoms. The number of nitrogens with zero attached hydrogens (tertiary/aromatic N) is 2. The van der Waals surface area contributed by atoms with Crippen molar-refractivity contribution in [3.63, 3.8) is 0 Å². The average molecular weight is 261 g/mol. The number of methoxy groups -OCH3 is 1. The number of para-hydroxylation sites is 1. The molecule has 0 saturated heterocycles. The van der Waals surface area contributed by atoms with Crippen molar-refractivity contribution in [3.8, 4) is 0 Å². The van der Waals surface area contributed by atoms with E-state index in [9.17, 15) is 0 Å². The van der Waals surface area contributed by atoms with Gasteiger partial charge in [-0.15, -0.1) is 0 Å². The van der Waals surface area contributed by atoms with Crippen LogP contribution >= 0.6 is 0 Å². The molecular formula is C15H23N3O. The third-order valence-corrected chi connectivity index (χ3v) is 3.64. The first-order chi connectivity index (χ1) is 9.11. The minimum absolute atomic E-state index is 0.135. The highest BCUT2D eigenvalue weighted by Crippen LogP contribution is 2.19. The third-order valence-electron chi connectivity index (χ3n) is 3.64. The van der Waals surface area contributed by atoms with Crippen molar-refractivity contribution in [2.45, 2.75) is 38.3 Å². The lowest BCUT2D eigenvalue weighted by Gasteiger charge is -2.13. The van der Waals surface area contributed by atoms with Gasteiger partial charge in [0.05, 0.1) is 17.3 Å². The van der Waals surface area contributed by atoms with Gasteiger partial charge in [-0.2, -0.15) is 5.10 Å². The fraction of sp³-hybridized carbons (Fsp3) is 0.533. The molecule has 0 amide bonds. The van der Waals surface area contributed by atoms with E-state index in [0.717, 1.165) is 30.5 Å². The highest BCUT2D eigenvalue weighted by molar-refractivity contribution is 5.81. The van der Waals surface area contributed by atoms with Gasteiger partial charge < -0.3 is 10.5 Å². The van der Waals surface area contributed by atoms with Gasteiger partial charge in [0.2, 0.25) is 0 Å². The lowest BCUT2D eigenvalue weighted by atomic mass is 10.0. The van der Waals surface area contributed by atoms with E-state index < -0.39 is 0 Å². The summed E-state index contributed by atoms with van der Waals surface area (Å²) in [6.07, 6.45) is 3.03. The molecule has 0 saturated carbocycles. The van der Waals surface area contributed by atoms with Crippen LogP contribution in [0.1, 0.15) is 25.5 Å². The van der Waals surface area contributed by atoms with Gasteiger partial charge in [0.25, 0.3) is 0 Å². The lowest BCUT2D eigenvalue weighted by molar-refractivity contribution is 0.107. The Morgan fingerprint density at radius 1 is 1.32 bits per heavy atom. The number of nitrogens with two attached hydrogens (primary N) is 1. The molecule has 2 unspecified atom stereocenters. The molecule has 4 heteroatoms. The van der Waals surface area contributed by atoms with Gasteiger partial charge in [0.15, 0.2) is 0 Å². The Bertz CT molecular complexity index is 535. The molecule has 2 rings (SSSR count). The summed E-state index contributed by atoms with van der Waals surface area (Å²) in [6, 6.07) is 8.42. The van der Waals surface area contributed by atoms with E-state index in [-0.39, 0.29) is 12.1 Å². The first kappa shape index (κ1) is 14.0. The van der Waals surface area contributed by atoms with Gasteiger partial charge >= 0.3 is 0 Å². The Hall–Kier alpha value is -1.39. The molecule has 1 heterocycles. The van der Waals surface area contributed by atoms with E-state index in [2.05, 4.69) is 24.2 Å². The molecule has 2 aromatic rings. The second-order valence-electron chi connectivity index (χ2n) is 5.18. The molecule has 0 aliphatic heterocycles. The maximum Gasteiger partial charge on any atom is 0.0718 e. The Morgan fingerprint density at radius 2 is 2.05 bits per heavy atom. The molecule has 2 atom stereocenters. The second kappa shape index (κ2) is 6.17. The monoisotopic (exact) mass is 261 g/mol. The van der Waals surface area contributed by atoms with Gasteiger partial charge in [0, 0.05) is 32.0 Å². The third kappa shape index (κ3) is 3.33. The van der Waals surface area contributed by atoms with Crippen LogP contribution in [-0.4, -0.2) is 29.0 Å². The molecule has 1 aromatic carbocycles. The first-order valence-electron chi connectivity index (χ1n) is 6.80. The van der Waals surface area contributed by atoms with Crippen LogP contribution in [0.3, 0.4) is 0 Å². The average Bonchev–Trinajstić information content (AvgIpc) is 2.73. The molecule has 4 nitrogen and oxygen atoms in total. The Balaban J connectivity index is 2.05. The number of hydrogen-bond acceptors (Lipinski definition) is 3. The van der Waals surface area contributed by atoms with E-state index in [1.54, 1.807) is 7.11 Å². The van der Waals surface area contributed by atoms with Crippen LogP contribution in [0.5, 0.6) is 0 Å². The van der Waals surface area contributed by atoms with Crippen LogP contribution in [0.4, 0.5) is 0 Å². The number of aryl methyl sites for hydroxylation is 1. The van der Waals surface area contributed by atoms with E-state index >= 15 is 0 Å². The molecule has 0 radical (unpaired) electrons. The first-order valence-corrected chi connectivity index (χ1v) is 6.80. The Kier molecular flexibility index (Phi) is 4.56. The summed E-state index contributed by atoms with van der Waals surface area (Å²) in [5, 5.41) is 5.79. The fourth-order valence-electron chi connectivity index (χ4n) is 2.36. The van der Waals surface area contributed by atoms with Crippen molar-refractivity contribution in [2.75, 3.05) is 7.11 Å². The van der Waals surface area contributed by atoms with Crippen LogP contribution in [0.2, 0.25) is 0 Å². The summed E-state index contributed by atoms with van der Waals surface area (Å²) in [5.74, 6) is 0. The zero-order valence-corrected chi connectivity index (χ0v) is 12.0. The SMILES string of the molecule is COC(C)CCC(N)Cc1nn(C)c2ccccc12. The van der Waals surface area contributed by atoms with Crippen molar-refractivity contribution < 1.29 is 4.74 Å². The summed E-state index contributed by atoms with van der Waals surface area (Å²) in [6.45, 7) is 2.07. The number of aromatic nitrogens is 2. The quantitative estimate of drug-likeness (QED) is 0.867. The smallest absolute Gasteiger partial charge is 0.0718 e. The number of rotatable bonds is 6. The van der Waals surface area contributed by atoms with Gasteiger partial charge in [-0.25, -0.2) is 0 Å². The van der Waals surface area contributed by atoms with Gasteiger partial charge in [-0.3, -0.25) is 4.68 Å². The van der Waals surface area contributed by atoms with Crippen LogP contribution in [0, 0.1) is 0 Å². The number of hydrogen-bond donors (Lipinski definition) is 1. The van der Waals surface area contributed by atoms with Crippen molar-refractivity contribution >= 4 is 10.9 Å². The minimum atomic E-state index is 0.135. The van der Waals surface area contributed by atoms with E-state index in [1.165, 1.54) is 5.39 Å². The van der Waals surface area contributed by atoms with Crippen molar-refractivity contribution in [3.05, 3.63) is 30.0 Å². The molecule has 0 spiro atoms. The molecule has 0 bridgehead atoms. The molecule has 104 valence electrons. The zero-order valence-electron chi connectivity index (χ0n) is 12.0. The van der Waals surface area contributed by atoms with Crippen LogP contribution in [0.15, 0.2) is 24.3 Å². The molecule has 2 N–H and O–H groups in total.